The van der Waals surface area contributed by atoms with E-state index in [1.54, 1.807) is 42.5 Å². The van der Waals surface area contributed by atoms with Crippen LogP contribution in [0.2, 0.25) is 0 Å². The lowest BCUT2D eigenvalue weighted by molar-refractivity contribution is -0.138. The van der Waals surface area contributed by atoms with Crippen molar-refractivity contribution in [2.24, 2.45) is 52.2 Å². The van der Waals surface area contributed by atoms with Crippen LogP contribution < -0.4 is 15.2 Å². The number of aryl methyl sites for hydroxylation is 1. The number of fused-ring (bicyclic) bond motifs is 2. The number of phenols is 4. The number of phenolic OH excluding ortho intramolecular Hbond substituents is 4. The fourth-order valence-electron chi connectivity index (χ4n) is 11.4. The second-order valence-corrected chi connectivity index (χ2v) is 16.8. The molecule has 1 heterocycles. The van der Waals surface area contributed by atoms with E-state index in [0.29, 0.717) is 24.9 Å². The minimum atomic E-state index is -0.967. The van der Waals surface area contributed by atoms with Crippen molar-refractivity contribution in [1.29, 1.82) is 0 Å². The zero-order valence-corrected chi connectivity index (χ0v) is 32.2. The molecule has 0 saturated heterocycles. The standard InChI is InChI=1S/C48H50N2O8/c49-25-58-41-19-27(10-14-39(41)53)9-13-38(52)36-21-35-32(29-15-16-50-23-29)11-12-33-34-20-30(17-26-5-2-1-3-6-26)42(45(43(33)35)46(36)55)37-22-40(54)47(56)48(44(34)37)57-24-28-7-4-8-31(51)18-28/h1-8,10-12,14-15,18-19,22-23,30,32-36,42-43,45-46,51,53-56H,9,13,16-17,20-21,24-25,49H2. The molecule has 10 unspecified atom stereocenters. The van der Waals surface area contributed by atoms with Gasteiger partial charge in [-0.15, -0.1) is 0 Å². The number of benzene rings is 4. The Balaban J connectivity index is 1.15. The molecule has 9 rings (SSSR count). The van der Waals surface area contributed by atoms with Gasteiger partial charge in [-0.05, 0) is 125 Å². The molecule has 0 spiro atoms. The average molecular weight is 783 g/mol. The highest BCUT2D eigenvalue weighted by atomic mass is 16.5. The zero-order chi connectivity index (χ0) is 40.1. The summed E-state index contributed by atoms with van der Waals surface area (Å²) in [5.74, 6) is -1.35. The Morgan fingerprint density at radius 2 is 1.67 bits per heavy atom. The first-order chi connectivity index (χ1) is 28.2. The van der Waals surface area contributed by atoms with Crippen molar-refractivity contribution in [2.75, 3.05) is 13.3 Å². The van der Waals surface area contributed by atoms with E-state index < -0.39 is 12.0 Å². The van der Waals surface area contributed by atoms with Gasteiger partial charge in [0.05, 0.1) is 12.6 Å². The molecule has 4 aromatic rings. The first-order valence-corrected chi connectivity index (χ1v) is 20.5. The first-order valence-electron chi connectivity index (χ1n) is 20.5. The lowest BCUT2D eigenvalue weighted by atomic mass is 9.52. The van der Waals surface area contributed by atoms with Crippen molar-refractivity contribution in [3.05, 3.63) is 130 Å². The van der Waals surface area contributed by atoms with Gasteiger partial charge < -0.3 is 35.0 Å². The van der Waals surface area contributed by atoms with Crippen LogP contribution in [0.15, 0.2) is 108 Å². The van der Waals surface area contributed by atoms with E-state index in [4.69, 9.17) is 15.2 Å². The minimum absolute atomic E-state index is 0.0107. The third kappa shape index (κ3) is 6.82. The van der Waals surface area contributed by atoms with E-state index in [9.17, 15) is 30.3 Å². The molecule has 10 nitrogen and oxygen atoms in total. The number of aliphatic hydroxyl groups excluding tert-OH is 1. The van der Waals surface area contributed by atoms with Crippen molar-refractivity contribution >= 4 is 12.0 Å². The van der Waals surface area contributed by atoms with E-state index in [2.05, 4.69) is 35.4 Å². The van der Waals surface area contributed by atoms with E-state index in [1.165, 1.54) is 5.56 Å². The number of carbonyl (C=O) groups excluding carboxylic acids is 1. The third-order valence-electron chi connectivity index (χ3n) is 13.7. The van der Waals surface area contributed by atoms with Gasteiger partial charge in [-0.2, -0.15) is 0 Å². The number of allylic oxidation sites excluding steroid dienone is 3. The number of rotatable bonds is 12. The van der Waals surface area contributed by atoms with Crippen LogP contribution >= 0.6 is 0 Å². The summed E-state index contributed by atoms with van der Waals surface area (Å²) in [6.07, 6.45) is 10.4. The molecule has 1 saturated carbocycles. The molecule has 7 N–H and O–H groups in total. The van der Waals surface area contributed by atoms with Gasteiger partial charge in [-0.25, -0.2) is 0 Å². The van der Waals surface area contributed by atoms with E-state index in [1.807, 2.05) is 30.5 Å². The van der Waals surface area contributed by atoms with Crippen LogP contribution in [0.25, 0.3) is 0 Å². The molecule has 0 aromatic heterocycles. The number of carbonyl (C=O) groups is 1. The number of nitrogens with zero attached hydrogens (tertiary/aromatic N) is 1. The predicted octanol–water partition coefficient (Wildman–Crippen LogP) is 7.07. The number of nitrogens with two attached hydrogens (primary N) is 1. The molecule has 0 amide bonds. The Kier molecular flexibility index (Phi) is 10.2. The molecular formula is C48H50N2O8. The van der Waals surface area contributed by atoms with Gasteiger partial charge >= 0.3 is 0 Å². The summed E-state index contributed by atoms with van der Waals surface area (Å²) >= 11 is 0. The van der Waals surface area contributed by atoms with E-state index in [-0.39, 0.29) is 107 Å². The molecule has 1 fully saturated rings. The monoisotopic (exact) mass is 782 g/mol. The van der Waals surface area contributed by atoms with Crippen LogP contribution in [-0.4, -0.2) is 56.9 Å². The van der Waals surface area contributed by atoms with Gasteiger partial charge in [0, 0.05) is 30.0 Å². The first kappa shape index (κ1) is 38.0. The van der Waals surface area contributed by atoms with Crippen molar-refractivity contribution in [3.8, 4) is 34.5 Å². The fourth-order valence-corrected chi connectivity index (χ4v) is 11.4. The SMILES string of the molecule is NCOc1cc(CCC(=O)C2CC3C(C4=CCN=C4)C=CC4C5CC(Cc6ccccc6)C(c6cc(O)c(O)c(OCc7cccc(O)c7)c65)C(C2O)C43)ccc1O. The van der Waals surface area contributed by atoms with Crippen LogP contribution in [0, 0.1) is 41.4 Å². The molecule has 300 valence electrons. The van der Waals surface area contributed by atoms with Crippen molar-refractivity contribution in [2.45, 2.75) is 56.7 Å². The molecule has 58 heavy (non-hydrogen) atoms. The second kappa shape index (κ2) is 15.6. The lowest BCUT2D eigenvalue weighted by Crippen LogP contribution is -2.53. The quantitative estimate of drug-likeness (QED) is 0.0499. The Bertz CT molecular complexity index is 2290. The topological polar surface area (TPSA) is 175 Å². The maximum Gasteiger partial charge on any atom is 0.200 e. The van der Waals surface area contributed by atoms with E-state index >= 15 is 0 Å². The van der Waals surface area contributed by atoms with Gasteiger partial charge in [0.1, 0.15) is 24.9 Å². The van der Waals surface area contributed by atoms with Crippen LogP contribution in [0.4, 0.5) is 0 Å². The normalized spacial score (nSPS) is 29.0. The highest BCUT2D eigenvalue weighted by Gasteiger charge is 2.61. The molecule has 4 aliphatic carbocycles. The Morgan fingerprint density at radius 1 is 0.845 bits per heavy atom. The predicted molar refractivity (Wildman–Crippen MR) is 219 cm³/mol. The van der Waals surface area contributed by atoms with Crippen molar-refractivity contribution < 1.29 is 39.8 Å². The summed E-state index contributed by atoms with van der Waals surface area (Å²) in [7, 11) is 0. The number of ether oxygens (including phenoxy) is 2. The fraction of sp³-hybridized carbons (Fsp3) is 0.375. The van der Waals surface area contributed by atoms with Gasteiger partial charge in [0.25, 0.3) is 0 Å². The van der Waals surface area contributed by atoms with Crippen molar-refractivity contribution in [3.63, 3.8) is 0 Å². The highest BCUT2D eigenvalue weighted by molar-refractivity contribution is 5.83. The number of hydrogen-bond acceptors (Lipinski definition) is 10. The Hall–Kier alpha value is -5.58. The van der Waals surface area contributed by atoms with Crippen LogP contribution in [-0.2, 0) is 24.2 Å². The number of aliphatic hydroxyl groups is 1. The summed E-state index contributed by atoms with van der Waals surface area (Å²) in [6, 6.07) is 23.8. The summed E-state index contributed by atoms with van der Waals surface area (Å²) in [5, 5.41) is 56.4. The van der Waals surface area contributed by atoms with E-state index in [0.717, 1.165) is 35.1 Å². The summed E-state index contributed by atoms with van der Waals surface area (Å²) in [5.41, 5.74) is 11.1. The summed E-state index contributed by atoms with van der Waals surface area (Å²) in [6.45, 7) is 0.588. The second-order valence-electron chi connectivity index (χ2n) is 16.8. The third-order valence-corrected chi connectivity index (χ3v) is 13.7. The molecule has 10 atom stereocenters. The van der Waals surface area contributed by atoms with Crippen LogP contribution in [0.1, 0.15) is 58.9 Å². The van der Waals surface area contributed by atoms with Gasteiger partial charge in [0.2, 0.25) is 5.75 Å². The number of Topliss-reactive ketones (excluding diaryl/α,β-unsaturated/α-hetero) is 1. The highest BCUT2D eigenvalue weighted by Crippen LogP contribution is 2.68. The molecule has 2 bridgehead atoms. The minimum Gasteiger partial charge on any atom is -0.508 e. The maximum absolute atomic E-state index is 14.6. The smallest absolute Gasteiger partial charge is 0.200 e. The molecule has 1 aliphatic heterocycles. The Labute approximate surface area is 338 Å². The summed E-state index contributed by atoms with van der Waals surface area (Å²) in [4.78, 5) is 19.1. The lowest BCUT2D eigenvalue weighted by Gasteiger charge is -2.52. The zero-order valence-electron chi connectivity index (χ0n) is 32.2. The van der Waals surface area contributed by atoms with Gasteiger partial charge in [-0.1, -0.05) is 66.8 Å². The van der Waals surface area contributed by atoms with Crippen molar-refractivity contribution in [1.82, 2.24) is 0 Å². The summed E-state index contributed by atoms with van der Waals surface area (Å²) < 4.78 is 11.9. The molecule has 4 aromatic carbocycles. The van der Waals surface area contributed by atoms with Crippen LogP contribution in [0.3, 0.4) is 0 Å². The average Bonchev–Trinajstić information content (AvgIpc) is 3.68. The molecule has 10 heteroatoms. The molecular weight excluding hydrogens is 733 g/mol. The van der Waals surface area contributed by atoms with Gasteiger partial charge in [0.15, 0.2) is 23.0 Å². The molecule has 5 aliphatic rings. The van der Waals surface area contributed by atoms with Crippen LogP contribution in [0.5, 0.6) is 34.5 Å². The van der Waals surface area contributed by atoms with Gasteiger partial charge in [-0.3, -0.25) is 15.5 Å². The molecule has 0 radical (unpaired) electrons. The Morgan fingerprint density at radius 3 is 2.45 bits per heavy atom. The maximum atomic E-state index is 14.6. The number of aliphatic imine (C=N–C) groups is 1. The number of hydrogen-bond donors (Lipinski definition) is 6. The largest absolute Gasteiger partial charge is 0.508 e. The number of aromatic hydroxyl groups is 4. The number of ketones is 1.